The number of ether oxygens (including phenoxy) is 1. The number of amides is 1. The fourth-order valence-electron chi connectivity index (χ4n) is 2.98. The molecule has 0 aliphatic carbocycles. The van der Waals surface area contributed by atoms with E-state index in [1.165, 1.54) is 19.5 Å². The molecule has 2 aliphatic rings. The van der Waals surface area contributed by atoms with E-state index in [4.69, 9.17) is 4.74 Å². The summed E-state index contributed by atoms with van der Waals surface area (Å²) in [6.07, 6.45) is 2.29. The lowest BCUT2D eigenvalue weighted by Gasteiger charge is -2.40. The lowest BCUT2D eigenvalue weighted by Crippen LogP contribution is -2.48. The van der Waals surface area contributed by atoms with Gasteiger partial charge in [-0.3, -0.25) is 0 Å². The fraction of sp³-hybridized carbons (Fsp3) is 0.933. The quantitative estimate of drug-likeness (QED) is 0.836. The molecule has 1 amide bonds. The zero-order valence-corrected chi connectivity index (χ0v) is 12.7. The van der Waals surface area contributed by atoms with Crippen LogP contribution in [0.4, 0.5) is 4.79 Å². The molecule has 2 heterocycles. The van der Waals surface area contributed by atoms with E-state index in [1.807, 2.05) is 25.7 Å². The van der Waals surface area contributed by atoms with E-state index in [1.54, 1.807) is 0 Å². The van der Waals surface area contributed by atoms with E-state index >= 15 is 0 Å². The Morgan fingerprint density at radius 3 is 2.53 bits per heavy atom. The average molecular weight is 268 g/mol. The molecule has 0 aromatic carbocycles. The lowest BCUT2D eigenvalue weighted by atomic mass is 9.79. The van der Waals surface area contributed by atoms with Gasteiger partial charge >= 0.3 is 6.09 Å². The smallest absolute Gasteiger partial charge is 0.410 e. The van der Waals surface area contributed by atoms with Crippen molar-refractivity contribution in [2.75, 3.05) is 26.2 Å². The maximum Gasteiger partial charge on any atom is 0.410 e. The number of likely N-dealkylation sites (tertiary alicyclic amines) is 1. The Morgan fingerprint density at radius 1 is 1.37 bits per heavy atom. The van der Waals surface area contributed by atoms with Crippen molar-refractivity contribution in [3.63, 3.8) is 0 Å². The number of rotatable bonds is 2. The van der Waals surface area contributed by atoms with Crippen LogP contribution in [0.5, 0.6) is 0 Å². The Hall–Kier alpha value is -0.770. The summed E-state index contributed by atoms with van der Waals surface area (Å²) in [5.74, 6) is 2.22. The van der Waals surface area contributed by atoms with E-state index in [0.717, 1.165) is 31.3 Å². The molecule has 0 radical (unpaired) electrons. The molecular weight excluding hydrogens is 240 g/mol. The van der Waals surface area contributed by atoms with Crippen LogP contribution in [-0.2, 0) is 4.74 Å². The third-order valence-electron chi connectivity index (χ3n) is 4.24. The van der Waals surface area contributed by atoms with Crippen molar-refractivity contribution in [3.8, 4) is 0 Å². The maximum atomic E-state index is 12.0. The number of carbonyl (C=O) groups is 1. The van der Waals surface area contributed by atoms with Crippen molar-refractivity contribution in [1.82, 2.24) is 10.2 Å². The van der Waals surface area contributed by atoms with Gasteiger partial charge in [0.1, 0.15) is 5.60 Å². The molecule has 19 heavy (non-hydrogen) atoms. The van der Waals surface area contributed by atoms with Gasteiger partial charge in [0.05, 0.1) is 0 Å². The van der Waals surface area contributed by atoms with Crippen LogP contribution in [0.25, 0.3) is 0 Å². The summed E-state index contributed by atoms with van der Waals surface area (Å²) in [6, 6.07) is 0. The zero-order valence-electron chi connectivity index (χ0n) is 12.7. The Kier molecular flexibility index (Phi) is 4.39. The predicted molar refractivity (Wildman–Crippen MR) is 76.1 cm³/mol. The topological polar surface area (TPSA) is 41.6 Å². The highest BCUT2D eigenvalue weighted by Crippen LogP contribution is 2.30. The molecule has 2 fully saturated rings. The SMILES string of the molecule is CC1CN(C(=O)OC(C)(C)C)CCC1CC1CNC1. The molecule has 110 valence electrons. The van der Waals surface area contributed by atoms with Crippen molar-refractivity contribution in [3.05, 3.63) is 0 Å². The van der Waals surface area contributed by atoms with E-state index in [-0.39, 0.29) is 6.09 Å². The molecule has 2 saturated heterocycles. The summed E-state index contributed by atoms with van der Waals surface area (Å²) in [5.41, 5.74) is -0.394. The predicted octanol–water partition coefficient (Wildman–Crippen LogP) is 2.49. The van der Waals surface area contributed by atoms with Crippen LogP contribution < -0.4 is 5.32 Å². The molecule has 4 heteroatoms. The van der Waals surface area contributed by atoms with Gasteiger partial charge in [0.15, 0.2) is 0 Å². The van der Waals surface area contributed by atoms with Gasteiger partial charge in [0, 0.05) is 13.1 Å². The highest BCUT2D eigenvalue weighted by Gasteiger charge is 2.33. The van der Waals surface area contributed by atoms with Gasteiger partial charge < -0.3 is 15.0 Å². The van der Waals surface area contributed by atoms with Crippen molar-refractivity contribution >= 4 is 6.09 Å². The molecule has 4 nitrogen and oxygen atoms in total. The molecular formula is C15H28N2O2. The Morgan fingerprint density at radius 2 is 2.05 bits per heavy atom. The summed E-state index contributed by atoms with van der Waals surface area (Å²) < 4.78 is 5.45. The molecule has 2 rings (SSSR count). The van der Waals surface area contributed by atoms with Crippen LogP contribution in [-0.4, -0.2) is 42.8 Å². The normalized spacial score (nSPS) is 28.9. The summed E-state index contributed by atoms with van der Waals surface area (Å²) in [6.45, 7) is 12.1. The largest absolute Gasteiger partial charge is 0.444 e. The zero-order chi connectivity index (χ0) is 14.0. The van der Waals surface area contributed by atoms with E-state index in [2.05, 4.69) is 12.2 Å². The Balaban J connectivity index is 1.80. The van der Waals surface area contributed by atoms with Crippen molar-refractivity contribution < 1.29 is 9.53 Å². The first-order valence-electron chi connectivity index (χ1n) is 7.54. The van der Waals surface area contributed by atoms with Crippen LogP contribution >= 0.6 is 0 Å². The fourth-order valence-corrected chi connectivity index (χ4v) is 2.98. The highest BCUT2D eigenvalue weighted by atomic mass is 16.6. The minimum atomic E-state index is -0.394. The van der Waals surface area contributed by atoms with Crippen LogP contribution in [0.3, 0.4) is 0 Å². The molecule has 0 bridgehead atoms. The van der Waals surface area contributed by atoms with Gasteiger partial charge in [-0.1, -0.05) is 6.92 Å². The number of carbonyl (C=O) groups excluding carboxylic acids is 1. The first-order chi connectivity index (χ1) is 8.85. The van der Waals surface area contributed by atoms with Crippen molar-refractivity contribution in [2.24, 2.45) is 17.8 Å². The second kappa shape index (κ2) is 5.70. The summed E-state index contributed by atoms with van der Waals surface area (Å²) in [5, 5.41) is 3.33. The maximum absolute atomic E-state index is 12.0. The average Bonchev–Trinajstić information content (AvgIpc) is 2.22. The van der Waals surface area contributed by atoms with Gasteiger partial charge in [-0.15, -0.1) is 0 Å². The summed E-state index contributed by atoms with van der Waals surface area (Å²) >= 11 is 0. The first kappa shape index (κ1) is 14.6. The van der Waals surface area contributed by atoms with E-state index < -0.39 is 5.60 Å². The van der Waals surface area contributed by atoms with Crippen LogP contribution in [0.1, 0.15) is 40.5 Å². The highest BCUT2D eigenvalue weighted by molar-refractivity contribution is 5.68. The van der Waals surface area contributed by atoms with E-state index in [0.29, 0.717) is 5.92 Å². The minimum Gasteiger partial charge on any atom is -0.444 e. The number of hydrogen-bond acceptors (Lipinski definition) is 3. The molecule has 0 aromatic rings. The molecule has 0 saturated carbocycles. The summed E-state index contributed by atoms with van der Waals surface area (Å²) in [4.78, 5) is 13.9. The van der Waals surface area contributed by atoms with E-state index in [9.17, 15) is 4.79 Å². The molecule has 0 aromatic heterocycles. The number of hydrogen-bond donors (Lipinski definition) is 1. The number of nitrogens with one attached hydrogen (secondary N) is 1. The van der Waals surface area contributed by atoms with Gasteiger partial charge in [0.25, 0.3) is 0 Å². The first-order valence-corrected chi connectivity index (χ1v) is 7.54. The Labute approximate surface area is 116 Å². The van der Waals surface area contributed by atoms with Crippen molar-refractivity contribution in [2.45, 2.75) is 46.1 Å². The van der Waals surface area contributed by atoms with Gasteiger partial charge in [0.2, 0.25) is 0 Å². The van der Waals surface area contributed by atoms with Gasteiger partial charge in [-0.2, -0.15) is 0 Å². The molecule has 2 aliphatic heterocycles. The van der Waals surface area contributed by atoms with Crippen LogP contribution in [0.15, 0.2) is 0 Å². The minimum absolute atomic E-state index is 0.150. The molecule has 0 spiro atoms. The lowest BCUT2D eigenvalue weighted by molar-refractivity contribution is 0.00938. The van der Waals surface area contributed by atoms with Gasteiger partial charge in [-0.25, -0.2) is 4.79 Å². The third-order valence-corrected chi connectivity index (χ3v) is 4.24. The second-order valence-electron chi connectivity index (χ2n) is 7.21. The van der Waals surface area contributed by atoms with Crippen LogP contribution in [0.2, 0.25) is 0 Å². The van der Waals surface area contributed by atoms with Crippen LogP contribution in [0, 0.1) is 17.8 Å². The standard InChI is InChI=1S/C15H28N2O2/c1-11-10-17(14(18)19-15(2,3)4)6-5-13(11)7-12-8-16-9-12/h11-13,16H,5-10H2,1-4H3. The Bertz CT molecular complexity index is 321. The monoisotopic (exact) mass is 268 g/mol. The molecule has 2 unspecified atom stereocenters. The molecule has 1 N–H and O–H groups in total. The van der Waals surface area contributed by atoms with Crippen molar-refractivity contribution in [1.29, 1.82) is 0 Å². The van der Waals surface area contributed by atoms with Gasteiger partial charge in [-0.05, 0) is 64.5 Å². The second-order valence-corrected chi connectivity index (χ2v) is 7.21. The molecule has 2 atom stereocenters. The summed E-state index contributed by atoms with van der Waals surface area (Å²) in [7, 11) is 0. The number of piperidine rings is 1. The number of nitrogens with zero attached hydrogens (tertiary/aromatic N) is 1. The third kappa shape index (κ3) is 4.10.